The molecule has 3 rings (SSSR count). The van der Waals surface area contributed by atoms with Crippen molar-refractivity contribution in [3.63, 3.8) is 0 Å². The van der Waals surface area contributed by atoms with Gasteiger partial charge in [-0.25, -0.2) is 8.42 Å². The first-order chi connectivity index (χ1) is 10.3. The van der Waals surface area contributed by atoms with Crippen molar-refractivity contribution < 1.29 is 21.6 Å². The zero-order valence-electron chi connectivity index (χ0n) is 11.1. The van der Waals surface area contributed by atoms with Crippen LogP contribution in [-0.4, -0.2) is 40.8 Å². The molecule has 1 aromatic heterocycles. The van der Waals surface area contributed by atoms with Crippen molar-refractivity contribution in [1.29, 1.82) is 0 Å². The molecule has 1 fully saturated rings. The smallest absolute Gasteiger partial charge is 0.207 e. The molecule has 0 bridgehead atoms. The van der Waals surface area contributed by atoms with E-state index in [9.17, 15) is 21.6 Å². The average Bonchev–Trinajstić information content (AvgIpc) is 2.89. The van der Waals surface area contributed by atoms with Crippen molar-refractivity contribution in [3.8, 4) is 0 Å². The molecule has 0 N–H and O–H groups in total. The van der Waals surface area contributed by atoms with Crippen LogP contribution in [0.2, 0.25) is 0 Å². The summed E-state index contributed by atoms with van der Waals surface area (Å²) in [5.41, 5.74) is -0.987. The van der Waals surface area contributed by atoms with Crippen LogP contribution in [-0.2, 0) is 16.2 Å². The van der Waals surface area contributed by atoms with Gasteiger partial charge in [0.25, 0.3) is 0 Å². The maximum atomic E-state index is 12.7. The first-order valence-corrected chi connectivity index (χ1v) is 7.76. The van der Waals surface area contributed by atoms with Crippen molar-refractivity contribution in [3.05, 3.63) is 42.2 Å². The summed E-state index contributed by atoms with van der Waals surface area (Å²) in [6.07, 6.45) is -1.63. The molecule has 22 heavy (non-hydrogen) atoms. The van der Waals surface area contributed by atoms with Crippen LogP contribution in [0.1, 0.15) is 11.6 Å². The van der Waals surface area contributed by atoms with Crippen LogP contribution in [0.25, 0.3) is 0 Å². The molecule has 1 saturated heterocycles. The highest BCUT2D eigenvalue weighted by Gasteiger charge is 2.39. The second-order valence-corrected chi connectivity index (χ2v) is 6.79. The monoisotopic (exact) mass is 332 g/mol. The lowest BCUT2D eigenvalue weighted by Gasteiger charge is -2.37. The molecule has 10 heteroatoms. The molecule has 1 aliphatic rings. The van der Waals surface area contributed by atoms with E-state index in [2.05, 4.69) is 10.2 Å². The average molecular weight is 332 g/mol. The van der Waals surface area contributed by atoms with E-state index in [1.807, 2.05) is 0 Å². The number of hydrogen-bond donors (Lipinski definition) is 0. The van der Waals surface area contributed by atoms with Crippen LogP contribution < -0.4 is 0 Å². The van der Waals surface area contributed by atoms with E-state index in [4.69, 9.17) is 0 Å². The fourth-order valence-electron chi connectivity index (χ4n) is 2.16. The Morgan fingerprint density at radius 1 is 1.14 bits per heavy atom. The van der Waals surface area contributed by atoms with Crippen molar-refractivity contribution in [2.45, 2.75) is 17.1 Å². The molecule has 0 atom stereocenters. The van der Waals surface area contributed by atoms with E-state index in [0.717, 1.165) is 22.5 Å². The third-order valence-electron chi connectivity index (χ3n) is 3.39. The highest BCUT2D eigenvalue weighted by Crippen LogP contribution is 2.33. The van der Waals surface area contributed by atoms with Crippen LogP contribution in [0.3, 0.4) is 0 Å². The number of alkyl halides is 3. The largest absolute Gasteiger partial charge is 0.416 e. The standard InChI is InChI=1S/C12H11F3N4O2S/c13-12(14,15)9-2-1-3-11(6-9)22(20,21)18-7-10(8-18)19-16-4-5-17-19/h1-6,10H,7-8H2. The van der Waals surface area contributed by atoms with Gasteiger partial charge < -0.3 is 0 Å². The number of sulfonamides is 1. The highest BCUT2D eigenvalue weighted by atomic mass is 32.2. The van der Waals surface area contributed by atoms with E-state index >= 15 is 0 Å². The lowest BCUT2D eigenvalue weighted by Crippen LogP contribution is -2.51. The lowest BCUT2D eigenvalue weighted by molar-refractivity contribution is -0.137. The molecular formula is C12H11F3N4O2S. The molecule has 1 aliphatic heterocycles. The molecule has 0 saturated carbocycles. The van der Waals surface area contributed by atoms with Crippen molar-refractivity contribution in [2.24, 2.45) is 0 Å². The number of benzene rings is 1. The number of hydrogen-bond acceptors (Lipinski definition) is 4. The number of rotatable bonds is 3. The minimum absolute atomic E-state index is 0.132. The van der Waals surface area contributed by atoms with Gasteiger partial charge >= 0.3 is 6.18 Å². The molecule has 0 spiro atoms. The summed E-state index contributed by atoms with van der Waals surface area (Å²) in [6, 6.07) is 3.53. The van der Waals surface area contributed by atoms with Crippen molar-refractivity contribution >= 4 is 10.0 Å². The third-order valence-corrected chi connectivity index (χ3v) is 5.22. The lowest BCUT2D eigenvalue weighted by atomic mass is 10.2. The Kier molecular flexibility index (Phi) is 3.44. The Bertz CT molecular complexity index is 768. The SMILES string of the molecule is O=S(=O)(c1cccc(C(F)(F)F)c1)N1CC(n2nccn2)C1. The fourth-order valence-corrected chi connectivity index (χ4v) is 3.72. The Labute approximate surface area is 124 Å². The number of nitrogens with zero attached hydrogens (tertiary/aromatic N) is 4. The Balaban J connectivity index is 1.80. The Morgan fingerprint density at radius 3 is 2.36 bits per heavy atom. The van der Waals surface area contributed by atoms with E-state index in [1.54, 1.807) is 0 Å². The van der Waals surface area contributed by atoms with Gasteiger partial charge in [-0.1, -0.05) is 6.07 Å². The Morgan fingerprint density at radius 2 is 1.77 bits per heavy atom. The topological polar surface area (TPSA) is 68.1 Å². The molecule has 2 aromatic rings. The molecule has 2 heterocycles. The van der Waals surface area contributed by atoms with Gasteiger partial charge in [-0.3, -0.25) is 0 Å². The van der Waals surface area contributed by atoms with Gasteiger partial charge in [-0.2, -0.15) is 32.5 Å². The zero-order valence-corrected chi connectivity index (χ0v) is 11.9. The van der Waals surface area contributed by atoms with E-state index in [1.165, 1.54) is 17.2 Å². The maximum absolute atomic E-state index is 12.7. The van der Waals surface area contributed by atoms with Gasteiger partial charge in [0, 0.05) is 13.1 Å². The van der Waals surface area contributed by atoms with Crippen LogP contribution in [0.4, 0.5) is 13.2 Å². The second-order valence-electron chi connectivity index (χ2n) is 4.85. The number of aromatic nitrogens is 3. The van der Waals surface area contributed by atoms with Gasteiger partial charge in [0.15, 0.2) is 0 Å². The van der Waals surface area contributed by atoms with Gasteiger partial charge in [-0.15, -0.1) is 0 Å². The maximum Gasteiger partial charge on any atom is 0.416 e. The second kappa shape index (κ2) is 5.06. The number of halogens is 3. The fraction of sp³-hybridized carbons (Fsp3) is 0.333. The van der Waals surface area contributed by atoms with Crippen molar-refractivity contribution in [1.82, 2.24) is 19.3 Å². The summed E-state index contributed by atoms with van der Waals surface area (Å²) in [7, 11) is -3.94. The van der Waals surface area contributed by atoms with Crippen LogP contribution in [0, 0.1) is 0 Å². The summed E-state index contributed by atoms with van der Waals surface area (Å²) in [6.45, 7) is 0.264. The highest BCUT2D eigenvalue weighted by molar-refractivity contribution is 7.89. The zero-order chi connectivity index (χ0) is 16.0. The minimum Gasteiger partial charge on any atom is -0.207 e. The predicted octanol–water partition coefficient (Wildman–Crippen LogP) is 1.54. The Hall–Kier alpha value is -1.94. The van der Waals surface area contributed by atoms with Gasteiger partial charge in [0.2, 0.25) is 10.0 Å². The molecule has 118 valence electrons. The molecule has 0 unspecified atom stereocenters. The summed E-state index contributed by atoms with van der Waals surface area (Å²) < 4.78 is 63.8. The van der Waals surface area contributed by atoms with Gasteiger partial charge in [0.05, 0.1) is 28.9 Å². The summed E-state index contributed by atoms with van der Waals surface area (Å²) >= 11 is 0. The minimum atomic E-state index is -4.58. The van der Waals surface area contributed by atoms with Crippen LogP contribution in [0.15, 0.2) is 41.6 Å². The quantitative estimate of drug-likeness (QED) is 0.855. The molecule has 0 radical (unpaired) electrons. The first kappa shape index (κ1) is 15.0. The first-order valence-electron chi connectivity index (χ1n) is 6.32. The molecular weight excluding hydrogens is 321 g/mol. The molecule has 0 amide bonds. The molecule has 0 aliphatic carbocycles. The van der Waals surface area contributed by atoms with E-state index < -0.39 is 21.8 Å². The summed E-state index contributed by atoms with van der Waals surface area (Å²) in [5.74, 6) is 0. The molecule has 1 aromatic carbocycles. The summed E-state index contributed by atoms with van der Waals surface area (Å²) in [5, 5.41) is 7.82. The van der Waals surface area contributed by atoms with Gasteiger partial charge in [0.1, 0.15) is 0 Å². The van der Waals surface area contributed by atoms with Crippen LogP contribution in [0.5, 0.6) is 0 Å². The van der Waals surface area contributed by atoms with Crippen molar-refractivity contribution in [2.75, 3.05) is 13.1 Å². The van der Waals surface area contributed by atoms with E-state index in [-0.39, 0.29) is 24.0 Å². The third kappa shape index (κ3) is 2.59. The molecule has 6 nitrogen and oxygen atoms in total. The van der Waals surface area contributed by atoms with E-state index in [0.29, 0.717) is 6.07 Å². The van der Waals surface area contributed by atoms with Gasteiger partial charge in [-0.05, 0) is 18.2 Å². The normalized spacial score (nSPS) is 17.4. The van der Waals surface area contributed by atoms with Crippen LogP contribution >= 0.6 is 0 Å². The summed E-state index contributed by atoms with van der Waals surface area (Å²) in [4.78, 5) is 1.02. The predicted molar refractivity (Wildman–Crippen MR) is 69.3 cm³/mol.